The van der Waals surface area contributed by atoms with E-state index in [9.17, 15) is 0 Å². The highest BCUT2D eigenvalue weighted by molar-refractivity contribution is 7.80. The summed E-state index contributed by atoms with van der Waals surface area (Å²) in [6, 6.07) is 12.2. The van der Waals surface area contributed by atoms with E-state index in [1.54, 1.807) is 13.3 Å². The molecular formula is C19H25N3OS. The zero-order chi connectivity index (χ0) is 17.5. The molecule has 2 aromatic rings. The van der Waals surface area contributed by atoms with E-state index in [1.165, 1.54) is 5.56 Å². The summed E-state index contributed by atoms with van der Waals surface area (Å²) in [5.74, 6) is 2.18. The van der Waals surface area contributed by atoms with Crippen molar-refractivity contribution in [2.45, 2.75) is 33.2 Å². The number of benzene rings is 1. The molecule has 0 saturated heterocycles. The number of hydrogen-bond acceptors (Lipinski definition) is 3. The number of rotatable bonds is 6. The van der Waals surface area contributed by atoms with Gasteiger partial charge < -0.3 is 15.4 Å². The van der Waals surface area contributed by atoms with E-state index in [1.807, 2.05) is 31.2 Å². The molecule has 128 valence electrons. The Morgan fingerprint density at radius 2 is 1.92 bits per heavy atom. The van der Waals surface area contributed by atoms with Crippen LogP contribution in [-0.4, -0.2) is 17.2 Å². The number of anilines is 1. The molecule has 1 atom stereocenters. The lowest BCUT2D eigenvalue weighted by atomic mass is 9.97. The van der Waals surface area contributed by atoms with Crippen molar-refractivity contribution in [1.29, 1.82) is 0 Å². The van der Waals surface area contributed by atoms with Crippen molar-refractivity contribution >= 4 is 23.1 Å². The van der Waals surface area contributed by atoms with E-state index in [2.05, 4.69) is 41.6 Å². The van der Waals surface area contributed by atoms with Crippen molar-refractivity contribution in [3.63, 3.8) is 0 Å². The second-order valence-electron chi connectivity index (χ2n) is 6.22. The summed E-state index contributed by atoms with van der Waals surface area (Å²) < 4.78 is 5.24. The third-order valence-electron chi connectivity index (χ3n) is 3.77. The highest BCUT2D eigenvalue weighted by atomic mass is 32.1. The molecule has 24 heavy (non-hydrogen) atoms. The number of nitrogens with zero attached hydrogens (tertiary/aromatic N) is 1. The molecule has 0 aliphatic heterocycles. The fraction of sp³-hybridized carbons (Fsp3) is 0.368. The maximum Gasteiger partial charge on any atom is 0.172 e. The molecule has 2 N–H and O–H groups in total. The first-order valence-electron chi connectivity index (χ1n) is 8.12. The van der Waals surface area contributed by atoms with Crippen LogP contribution < -0.4 is 15.4 Å². The van der Waals surface area contributed by atoms with Crippen molar-refractivity contribution in [2.24, 2.45) is 5.92 Å². The first-order chi connectivity index (χ1) is 11.5. The lowest BCUT2D eigenvalue weighted by Gasteiger charge is -2.23. The molecule has 0 bridgehead atoms. The van der Waals surface area contributed by atoms with Gasteiger partial charge in [-0.15, -0.1) is 0 Å². The Morgan fingerprint density at radius 1 is 1.21 bits per heavy atom. The molecule has 1 aromatic heterocycles. The average molecular weight is 343 g/mol. The lowest BCUT2D eigenvalue weighted by molar-refractivity contribution is 0.414. The van der Waals surface area contributed by atoms with E-state index in [-0.39, 0.29) is 6.04 Å². The van der Waals surface area contributed by atoms with E-state index in [4.69, 9.17) is 17.0 Å². The molecule has 0 radical (unpaired) electrons. The van der Waals surface area contributed by atoms with Crippen LogP contribution in [0.4, 0.5) is 5.82 Å². The van der Waals surface area contributed by atoms with Gasteiger partial charge in [0.05, 0.1) is 13.2 Å². The summed E-state index contributed by atoms with van der Waals surface area (Å²) >= 11 is 5.49. The molecule has 1 aromatic carbocycles. The molecular weight excluding hydrogens is 318 g/mol. The monoisotopic (exact) mass is 343 g/mol. The van der Waals surface area contributed by atoms with Gasteiger partial charge >= 0.3 is 0 Å². The molecule has 0 fully saturated rings. The van der Waals surface area contributed by atoms with Crippen LogP contribution in [0.1, 0.15) is 37.4 Å². The molecule has 0 aliphatic rings. The summed E-state index contributed by atoms with van der Waals surface area (Å²) in [6.45, 7) is 6.42. The van der Waals surface area contributed by atoms with Gasteiger partial charge in [-0.05, 0) is 60.8 Å². The quantitative estimate of drug-likeness (QED) is 0.758. The third kappa shape index (κ3) is 5.20. The van der Waals surface area contributed by atoms with Crippen molar-refractivity contribution in [3.05, 3.63) is 53.7 Å². The number of aromatic nitrogens is 1. The summed E-state index contributed by atoms with van der Waals surface area (Å²) in [4.78, 5) is 4.33. The van der Waals surface area contributed by atoms with Crippen molar-refractivity contribution in [1.82, 2.24) is 10.3 Å². The molecule has 5 heteroatoms. The summed E-state index contributed by atoms with van der Waals surface area (Å²) in [5, 5.41) is 7.19. The van der Waals surface area contributed by atoms with Crippen LogP contribution in [-0.2, 0) is 0 Å². The highest BCUT2D eigenvalue weighted by Gasteiger charge is 2.15. The minimum atomic E-state index is 0.139. The van der Waals surface area contributed by atoms with Gasteiger partial charge in [-0.1, -0.05) is 32.0 Å². The first kappa shape index (κ1) is 18.2. The van der Waals surface area contributed by atoms with Crippen LogP contribution in [0, 0.1) is 12.8 Å². The van der Waals surface area contributed by atoms with Crippen LogP contribution >= 0.6 is 12.2 Å². The largest absolute Gasteiger partial charge is 0.497 e. The maximum atomic E-state index is 5.49. The zero-order valence-electron chi connectivity index (χ0n) is 14.7. The topological polar surface area (TPSA) is 46.2 Å². The van der Waals surface area contributed by atoms with Gasteiger partial charge in [0, 0.05) is 6.20 Å². The van der Waals surface area contributed by atoms with Gasteiger partial charge in [-0.25, -0.2) is 4.98 Å². The van der Waals surface area contributed by atoms with Gasteiger partial charge in [0.25, 0.3) is 0 Å². The zero-order valence-corrected chi connectivity index (χ0v) is 15.5. The van der Waals surface area contributed by atoms with Crippen LogP contribution in [0.3, 0.4) is 0 Å². The van der Waals surface area contributed by atoms with E-state index in [0.717, 1.165) is 23.6 Å². The SMILES string of the molecule is COc1ccc([C@H](CC(C)C)NC(=S)Nc2ncccc2C)cc1. The number of ether oxygens (including phenoxy) is 1. The van der Waals surface area contributed by atoms with E-state index in [0.29, 0.717) is 11.0 Å². The molecule has 4 nitrogen and oxygen atoms in total. The summed E-state index contributed by atoms with van der Waals surface area (Å²) in [6.07, 6.45) is 2.74. The van der Waals surface area contributed by atoms with E-state index < -0.39 is 0 Å². The Labute approximate surface area is 149 Å². The number of thiocarbonyl (C=S) groups is 1. The van der Waals surface area contributed by atoms with Crippen molar-refractivity contribution < 1.29 is 4.74 Å². The Morgan fingerprint density at radius 3 is 2.50 bits per heavy atom. The summed E-state index contributed by atoms with van der Waals surface area (Å²) in [7, 11) is 1.67. The first-order valence-corrected chi connectivity index (χ1v) is 8.53. The van der Waals surface area contributed by atoms with Gasteiger partial charge in [0.1, 0.15) is 11.6 Å². The molecule has 1 heterocycles. The summed E-state index contributed by atoms with van der Waals surface area (Å²) in [5.41, 5.74) is 2.25. The van der Waals surface area contributed by atoms with Gasteiger partial charge in [-0.3, -0.25) is 0 Å². The number of aryl methyl sites for hydroxylation is 1. The second kappa shape index (κ2) is 8.64. The number of pyridine rings is 1. The third-order valence-corrected chi connectivity index (χ3v) is 3.99. The van der Waals surface area contributed by atoms with Gasteiger partial charge in [0.2, 0.25) is 0 Å². The maximum absolute atomic E-state index is 5.49. The van der Waals surface area contributed by atoms with Crippen molar-refractivity contribution in [2.75, 3.05) is 12.4 Å². The van der Waals surface area contributed by atoms with Crippen LogP contribution in [0.2, 0.25) is 0 Å². The van der Waals surface area contributed by atoms with E-state index >= 15 is 0 Å². The Bertz CT molecular complexity index is 671. The average Bonchev–Trinajstić information content (AvgIpc) is 2.56. The number of nitrogens with one attached hydrogen (secondary N) is 2. The predicted octanol–water partition coefficient (Wildman–Crippen LogP) is 4.47. The minimum Gasteiger partial charge on any atom is -0.497 e. The van der Waals surface area contributed by atoms with Crippen LogP contribution in [0.15, 0.2) is 42.6 Å². The number of methoxy groups -OCH3 is 1. The minimum absolute atomic E-state index is 0.139. The van der Waals surface area contributed by atoms with Gasteiger partial charge in [-0.2, -0.15) is 0 Å². The molecule has 0 aliphatic carbocycles. The standard InChI is InChI=1S/C19H25N3OS/c1-13(2)12-17(15-7-9-16(23-4)10-8-15)21-19(24)22-18-14(3)6-5-11-20-18/h5-11,13,17H,12H2,1-4H3,(H2,20,21,22,24)/t17-/m0/s1. The van der Waals surface area contributed by atoms with Crippen LogP contribution in [0.25, 0.3) is 0 Å². The Balaban J connectivity index is 2.10. The molecule has 0 saturated carbocycles. The molecule has 0 amide bonds. The highest BCUT2D eigenvalue weighted by Crippen LogP contribution is 2.24. The fourth-order valence-electron chi connectivity index (χ4n) is 2.50. The lowest BCUT2D eigenvalue weighted by Crippen LogP contribution is -2.33. The fourth-order valence-corrected chi connectivity index (χ4v) is 2.74. The number of hydrogen-bond donors (Lipinski definition) is 2. The smallest absolute Gasteiger partial charge is 0.172 e. The van der Waals surface area contributed by atoms with Gasteiger partial charge in [0.15, 0.2) is 5.11 Å². The molecule has 2 rings (SSSR count). The molecule has 0 unspecified atom stereocenters. The normalized spacial score (nSPS) is 11.9. The van der Waals surface area contributed by atoms with Crippen molar-refractivity contribution in [3.8, 4) is 5.75 Å². The molecule has 0 spiro atoms. The Kier molecular flexibility index (Phi) is 6.55. The second-order valence-corrected chi connectivity index (χ2v) is 6.63. The predicted molar refractivity (Wildman–Crippen MR) is 104 cm³/mol. The van der Waals surface area contributed by atoms with Crippen LogP contribution in [0.5, 0.6) is 5.75 Å². The Hall–Kier alpha value is -2.14.